The van der Waals surface area contributed by atoms with Gasteiger partial charge in [-0.15, -0.1) is 12.4 Å². The van der Waals surface area contributed by atoms with Crippen molar-refractivity contribution in [3.63, 3.8) is 0 Å². The first-order chi connectivity index (χ1) is 10.2. The lowest BCUT2D eigenvalue weighted by atomic mass is 9.97. The number of aromatic nitrogens is 1. The number of amides is 1. The molecule has 0 atom stereocenters. The van der Waals surface area contributed by atoms with Gasteiger partial charge in [0.1, 0.15) is 0 Å². The molecule has 2 aromatic rings. The van der Waals surface area contributed by atoms with Crippen LogP contribution in [0.4, 0.5) is 5.69 Å². The molecule has 2 aliphatic rings. The van der Waals surface area contributed by atoms with Crippen molar-refractivity contribution < 1.29 is 4.79 Å². The zero-order chi connectivity index (χ0) is 14.4. The standard InChI is InChI=1S/C17H19N3O.ClH/c1-10-13-9-18-7-6-15(13)20-17(10)12-2-4-14-11(8-12)3-5-16(21)19-14;/h2,4,8,18,20H,3,5-7,9H2,1H3,(H,19,21);1H. The minimum absolute atomic E-state index is 0. The average Bonchev–Trinajstić information content (AvgIpc) is 2.84. The molecular weight excluding hydrogens is 298 g/mol. The molecule has 1 aromatic heterocycles. The SMILES string of the molecule is Cc1c(-c2ccc3c(c2)CCC(=O)N3)[nH]c2c1CNCC2.Cl. The van der Waals surface area contributed by atoms with Crippen LogP contribution in [0, 0.1) is 6.92 Å². The molecule has 22 heavy (non-hydrogen) atoms. The first-order valence-corrected chi connectivity index (χ1v) is 7.56. The number of carbonyl (C=O) groups excluding carboxylic acids is 1. The Bertz CT molecular complexity index is 736. The largest absolute Gasteiger partial charge is 0.358 e. The smallest absolute Gasteiger partial charge is 0.224 e. The van der Waals surface area contributed by atoms with Crippen molar-refractivity contribution in [2.75, 3.05) is 11.9 Å². The van der Waals surface area contributed by atoms with Gasteiger partial charge in [0.15, 0.2) is 0 Å². The minimum atomic E-state index is 0. The van der Waals surface area contributed by atoms with Crippen molar-refractivity contribution in [2.24, 2.45) is 0 Å². The highest BCUT2D eigenvalue weighted by Crippen LogP contribution is 2.33. The summed E-state index contributed by atoms with van der Waals surface area (Å²) >= 11 is 0. The lowest BCUT2D eigenvalue weighted by Crippen LogP contribution is -2.23. The monoisotopic (exact) mass is 317 g/mol. The second-order valence-electron chi connectivity index (χ2n) is 5.93. The Kier molecular flexibility index (Phi) is 3.98. The minimum Gasteiger partial charge on any atom is -0.358 e. The van der Waals surface area contributed by atoms with Crippen molar-refractivity contribution in [2.45, 2.75) is 32.7 Å². The predicted molar refractivity (Wildman–Crippen MR) is 90.6 cm³/mol. The van der Waals surface area contributed by atoms with E-state index in [-0.39, 0.29) is 18.3 Å². The van der Waals surface area contributed by atoms with E-state index in [4.69, 9.17) is 0 Å². The van der Waals surface area contributed by atoms with Crippen LogP contribution in [-0.2, 0) is 24.2 Å². The Morgan fingerprint density at radius 1 is 1.14 bits per heavy atom. The van der Waals surface area contributed by atoms with E-state index in [0.29, 0.717) is 6.42 Å². The molecule has 4 nitrogen and oxygen atoms in total. The van der Waals surface area contributed by atoms with Gasteiger partial charge in [0.25, 0.3) is 0 Å². The number of benzene rings is 1. The summed E-state index contributed by atoms with van der Waals surface area (Å²) in [6, 6.07) is 6.34. The fourth-order valence-corrected chi connectivity index (χ4v) is 3.40. The molecule has 1 aromatic carbocycles. The van der Waals surface area contributed by atoms with E-state index >= 15 is 0 Å². The Morgan fingerprint density at radius 2 is 2.00 bits per heavy atom. The average molecular weight is 318 g/mol. The van der Waals surface area contributed by atoms with Gasteiger partial charge in [0.05, 0.1) is 0 Å². The van der Waals surface area contributed by atoms with Crippen LogP contribution in [-0.4, -0.2) is 17.4 Å². The molecule has 2 aliphatic heterocycles. The summed E-state index contributed by atoms with van der Waals surface area (Å²) in [5.41, 5.74) is 8.77. The molecule has 0 bridgehead atoms. The van der Waals surface area contributed by atoms with Crippen LogP contribution in [0.2, 0.25) is 0 Å². The van der Waals surface area contributed by atoms with Crippen LogP contribution in [0.25, 0.3) is 11.3 Å². The summed E-state index contributed by atoms with van der Waals surface area (Å²) in [7, 11) is 0. The number of H-pyrrole nitrogens is 1. The number of aryl methyl sites for hydroxylation is 1. The summed E-state index contributed by atoms with van der Waals surface area (Å²) in [4.78, 5) is 15.0. The van der Waals surface area contributed by atoms with Gasteiger partial charge in [-0.1, -0.05) is 6.07 Å². The fraction of sp³-hybridized carbons (Fsp3) is 0.353. The second kappa shape index (κ2) is 5.78. The van der Waals surface area contributed by atoms with Crippen molar-refractivity contribution in [3.8, 4) is 11.3 Å². The van der Waals surface area contributed by atoms with Gasteiger partial charge in [0.2, 0.25) is 5.91 Å². The number of aromatic amines is 1. The third kappa shape index (κ3) is 2.42. The Hall–Kier alpha value is -1.78. The maximum atomic E-state index is 11.4. The van der Waals surface area contributed by atoms with Crippen molar-refractivity contribution in [1.29, 1.82) is 0 Å². The van der Waals surface area contributed by atoms with Gasteiger partial charge in [-0.05, 0) is 47.7 Å². The second-order valence-corrected chi connectivity index (χ2v) is 5.93. The summed E-state index contributed by atoms with van der Waals surface area (Å²) in [6.45, 7) is 4.19. The molecule has 3 N–H and O–H groups in total. The van der Waals surface area contributed by atoms with E-state index in [1.54, 1.807) is 0 Å². The number of nitrogens with one attached hydrogen (secondary N) is 3. The van der Waals surface area contributed by atoms with E-state index in [1.165, 1.54) is 33.6 Å². The molecule has 0 saturated heterocycles. The molecule has 1 amide bonds. The molecule has 0 radical (unpaired) electrons. The van der Waals surface area contributed by atoms with Crippen LogP contribution in [0.1, 0.15) is 28.8 Å². The van der Waals surface area contributed by atoms with Gasteiger partial charge >= 0.3 is 0 Å². The van der Waals surface area contributed by atoms with E-state index in [2.05, 4.69) is 34.7 Å². The molecular formula is C17H20ClN3O. The molecule has 0 unspecified atom stereocenters. The van der Waals surface area contributed by atoms with Gasteiger partial charge in [-0.2, -0.15) is 0 Å². The van der Waals surface area contributed by atoms with E-state index in [9.17, 15) is 4.79 Å². The molecule has 0 saturated carbocycles. The van der Waals surface area contributed by atoms with Crippen LogP contribution < -0.4 is 10.6 Å². The Labute approximate surface area is 136 Å². The van der Waals surface area contributed by atoms with E-state index in [1.807, 2.05) is 6.07 Å². The third-order valence-electron chi connectivity index (χ3n) is 4.61. The van der Waals surface area contributed by atoms with Crippen molar-refractivity contribution in [1.82, 2.24) is 10.3 Å². The van der Waals surface area contributed by atoms with Gasteiger partial charge in [0, 0.05) is 43.0 Å². The summed E-state index contributed by atoms with van der Waals surface area (Å²) in [6.07, 6.45) is 2.48. The van der Waals surface area contributed by atoms with Crippen LogP contribution in [0.15, 0.2) is 18.2 Å². The maximum Gasteiger partial charge on any atom is 0.224 e. The highest BCUT2D eigenvalue weighted by molar-refractivity contribution is 5.94. The summed E-state index contributed by atoms with van der Waals surface area (Å²) in [5, 5.41) is 6.38. The number of hydrogen-bond acceptors (Lipinski definition) is 2. The van der Waals surface area contributed by atoms with Gasteiger partial charge in [-0.25, -0.2) is 0 Å². The zero-order valence-electron chi connectivity index (χ0n) is 12.6. The molecule has 0 spiro atoms. The Morgan fingerprint density at radius 3 is 2.82 bits per heavy atom. The lowest BCUT2D eigenvalue weighted by molar-refractivity contribution is -0.116. The molecule has 0 fully saturated rings. The summed E-state index contributed by atoms with van der Waals surface area (Å²) in [5.74, 6) is 0.118. The topological polar surface area (TPSA) is 56.9 Å². The van der Waals surface area contributed by atoms with Crippen molar-refractivity contribution >= 4 is 24.0 Å². The number of rotatable bonds is 1. The molecule has 4 rings (SSSR count). The lowest BCUT2D eigenvalue weighted by Gasteiger charge is -2.17. The number of hydrogen-bond donors (Lipinski definition) is 3. The normalized spacial score (nSPS) is 16.3. The molecule has 0 aliphatic carbocycles. The van der Waals surface area contributed by atoms with Crippen LogP contribution in [0.5, 0.6) is 0 Å². The highest BCUT2D eigenvalue weighted by atomic mass is 35.5. The Balaban J connectivity index is 0.00000144. The highest BCUT2D eigenvalue weighted by Gasteiger charge is 2.20. The van der Waals surface area contributed by atoms with E-state index < -0.39 is 0 Å². The molecule has 3 heterocycles. The number of halogens is 1. The number of fused-ring (bicyclic) bond motifs is 2. The molecule has 5 heteroatoms. The van der Waals surface area contributed by atoms with E-state index in [0.717, 1.165) is 31.6 Å². The summed E-state index contributed by atoms with van der Waals surface area (Å²) < 4.78 is 0. The van der Waals surface area contributed by atoms with Crippen LogP contribution >= 0.6 is 12.4 Å². The van der Waals surface area contributed by atoms with Gasteiger partial charge in [-0.3, -0.25) is 4.79 Å². The zero-order valence-corrected chi connectivity index (χ0v) is 13.4. The third-order valence-corrected chi connectivity index (χ3v) is 4.61. The van der Waals surface area contributed by atoms with Crippen LogP contribution in [0.3, 0.4) is 0 Å². The van der Waals surface area contributed by atoms with Gasteiger partial charge < -0.3 is 15.6 Å². The first kappa shape index (κ1) is 15.1. The first-order valence-electron chi connectivity index (χ1n) is 7.56. The predicted octanol–water partition coefficient (Wildman–Crippen LogP) is 2.94. The van der Waals surface area contributed by atoms with Crippen molar-refractivity contribution in [3.05, 3.63) is 40.6 Å². The quantitative estimate of drug-likeness (QED) is 0.757. The maximum absolute atomic E-state index is 11.4. The molecule has 116 valence electrons. The number of anilines is 1. The fourth-order valence-electron chi connectivity index (χ4n) is 3.40. The number of carbonyl (C=O) groups is 1.